The third kappa shape index (κ3) is 5.71. The van der Waals surface area contributed by atoms with Gasteiger partial charge < -0.3 is 9.47 Å². The normalized spacial score (nSPS) is 9.96. The highest BCUT2D eigenvalue weighted by Crippen LogP contribution is 2.36. The van der Waals surface area contributed by atoms with Crippen molar-refractivity contribution < 1.29 is 19.1 Å². The van der Waals surface area contributed by atoms with E-state index in [-0.39, 0.29) is 11.6 Å². The second kappa shape index (κ2) is 10.1. The Labute approximate surface area is 177 Å². The van der Waals surface area contributed by atoms with Crippen LogP contribution in [0.4, 0.5) is 0 Å². The summed E-state index contributed by atoms with van der Waals surface area (Å²) >= 11 is 15.2. The highest BCUT2D eigenvalue weighted by Gasteiger charge is 2.16. The SMILES string of the molecule is COc1c(C(C)=O)cc(Cl)c(C)c1Br.COc1cc(C)c(Cl)cc1C(C)=O. The average molecular weight is 476 g/mol. The lowest BCUT2D eigenvalue weighted by molar-refractivity contribution is 0.100. The van der Waals surface area contributed by atoms with Crippen molar-refractivity contribution in [2.75, 3.05) is 14.2 Å². The Hall–Kier alpha value is -1.56. The van der Waals surface area contributed by atoms with Crippen LogP contribution in [0.25, 0.3) is 0 Å². The monoisotopic (exact) mass is 474 g/mol. The van der Waals surface area contributed by atoms with Crippen molar-refractivity contribution in [3.8, 4) is 11.5 Å². The molecule has 0 amide bonds. The molecule has 4 nitrogen and oxygen atoms in total. The zero-order valence-corrected chi connectivity index (χ0v) is 19.1. The van der Waals surface area contributed by atoms with Crippen LogP contribution in [-0.4, -0.2) is 25.8 Å². The smallest absolute Gasteiger partial charge is 0.163 e. The molecule has 2 aromatic carbocycles. The maximum Gasteiger partial charge on any atom is 0.163 e. The number of ether oxygens (including phenoxy) is 2. The molecule has 0 unspecified atom stereocenters. The Morgan fingerprint density at radius 3 is 1.85 bits per heavy atom. The van der Waals surface area contributed by atoms with E-state index in [0.717, 1.165) is 15.6 Å². The van der Waals surface area contributed by atoms with E-state index >= 15 is 0 Å². The Morgan fingerprint density at radius 2 is 1.41 bits per heavy atom. The number of hydrogen-bond donors (Lipinski definition) is 0. The fourth-order valence-electron chi connectivity index (χ4n) is 2.25. The summed E-state index contributed by atoms with van der Waals surface area (Å²) < 4.78 is 10.9. The van der Waals surface area contributed by atoms with Gasteiger partial charge in [-0.2, -0.15) is 0 Å². The molecule has 2 rings (SSSR count). The number of aryl methyl sites for hydroxylation is 1. The largest absolute Gasteiger partial charge is 0.496 e. The van der Waals surface area contributed by atoms with Gasteiger partial charge in [-0.05, 0) is 73.0 Å². The lowest BCUT2D eigenvalue weighted by atomic mass is 10.1. The van der Waals surface area contributed by atoms with Crippen LogP contribution in [0.1, 0.15) is 45.7 Å². The first-order valence-corrected chi connectivity index (χ1v) is 9.48. The highest BCUT2D eigenvalue weighted by molar-refractivity contribution is 9.10. The minimum Gasteiger partial charge on any atom is -0.496 e. The van der Waals surface area contributed by atoms with E-state index in [4.69, 9.17) is 32.7 Å². The van der Waals surface area contributed by atoms with Gasteiger partial charge in [0.05, 0.1) is 29.8 Å². The molecule has 0 spiro atoms. The van der Waals surface area contributed by atoms with E-state index in [1.165, 1.54) is 28.1 Å². The molecular formula is C20H21BrCl2O4. The minimum absolute atomic E-state index is 0.0428. The van der Waals surface area contributed by atoms with Crippen molar-refractivity contribution in [3.05, 3.63) is 55.0 Å². The standard InChI is InChI=1S/C10H10BrClO2.C10H11ClO2/c1-5-8(12)4-7(6(2)13)10(14-3)9(5)11;1-6-4-10(13-3)8(7(2)12)5-9(6)11/h4H,1-3H3;4-5H,1-3H3. The number of hydrogen-bond acceptors (Lipinski definition) is 4. The second-order valence-electron chi connectivity index (χ2n) is 5.79. The quantitative estimate of drug-likeness (QED) is 0.474. The molecule has 2 aromatic rings. The summed E-state index contributed by atoms with van der Waals surface area (Å²) in [7, 11) is 3.06. The third-order valence-electron chi connectivity index (χ3n) is 3.85. The number of halogens is 3. The van der Waals surface area contributed by atoms with Crippen LogP contribution in [0.2, 0.25) is 10.0 Å². The molecule has 0 aliphatic carbocycles. The number of carbonyl (C=O) groups excluding carboxylic acids is 2. The van der Waals surface area contributed by atoms with Crippen molar-refractivity contribution >= 4 is 50.7 Å². The molecule has 0 aliphatic rings. The van der Waals surface area contributed by atoms with Gasteiger partial charge in [0.15, 0.2) is 11.6 Å². The number of benzene rings is 2. The average Bonchev–Trinajstić information content (AvgIpc) is 2.61. The van der Waals surface area contributed by atoms with E-state index in [1.807, 2.05) is 13.8 Å². The van der Waals surface area contributed by atoms with Crippen molar-refractivity contribution in [2.45, 2.75) is 27.7 Å². The molecule has 0 aliphatic heterocycles. The molecule has 0 fully saturated rings. The first kappa shape index (κ1) is 23.5. The second-order valence-corrected chi connectivity index (χ2v) is 7.40. The summed E-state index contributed by atoms with van der Waals surface area (Å²) in [6, 6.07) is 5.03. The van der Waals surface area contributed by atoms with Gasteiger partial charge in [0, 0.05) is 10.0 Å². The molecule has 0 atom stereocenters. The minimum atomic E-state index is -0.0653. The van der Waals surface area contributed by atoms with Gasteiger partial charge in [0.2, 0.25) is 0 Å². The molecule has 0 bridgehead atoms. The number of methoxy groups -OCH3 is 2. The van der Waals surface area contributed by atoms with Gasteiger partial charge in [-0.25, -0.2) is 0 Å². The molecule has 0 N–H and O–H groups in total. The van der Waals surface area contributed by atoms with Crippen molar-refractivity contribution in [1.29, 1.82) is 0 Å². The molecule has 27 heavy (non-hydrogen) atoms. The topological polar surface area (TPSA) is 52.6 Å². The Morgan fingerprint density at radius 1 is 0.889 bits per heavy atom. The summed E-state index contributed by atoms with van der Waals surface area (Å²) in [6.07, 6.45) is 0. The van der Waals surface area contributed by atoms with Crippen molar-refractivity contribution in [2.24, 2.45) is 0 Å². The van der Waals surface area contributed by atoms with Crippen LogP contribution in [0.5, 0.6) is 11.5 Å². The summed E-state index contributed by atoms with van der Waals surface area (Å²) in [6.45, 7) is 6.70. The van der Waals surface area contributed by atoms with Crippen LogP contribution in [-0.2, 0) is 0 Å². The summed E-state index contributed by atoms with van der Waals surface area (Å²) in [5.41, 5.74) is 2.80. The molecule has 0 radical (unpaired) electrons. The number of Topliss-reactive ketones (excluding diaryl/α,β-unsaturated/α-hetero) is 2. The van der Waals surface area contributed by atoms with E-state index < -0.39 is 0 Å². The summed E-state index contributed by atoms with van der Waals surface area (Å²) in [4.78, 5) is 22.4. The molecule has 0 saturated heterocycles. The fraction of sp³-hybridized carbons (Fsp3) is 0.300. The van der Waals surface area contributed by atoms with E-state index in [2.05, 4.69) is 15.9 Å². The van der Waals surface area contributed by atoms with Crippen molar-refractivity contribution in [3.63, 3.8) is 0 Å². The number of ketones is 2. The fourth-order valence-corrected chi connectivity index (χ4v) is 3.32. The lowest BCUT2D eigenvalue weighted by Gasteiger charge is -2.11. The van der Waals surface area contributed by atoms with Crippen LogP contribution in [0.15, 0.2) is 22.7 Å². The Bertz CT molecular complexity index is 879. The van der Waals surface area contributed by atoms with Gasteiger partial charge in [0.25, 0.3) is 0 Å². The zero-order valence-electron chi connectivity index (χ0n) is 16.0. The molecule has 0 heterocycles. The summed E-state index contributed by atoms with van der Waals surface area (Å²) in [5.74, 6) is 1.01. The highest BCUT2D eigenvalue weighted by atomic mass is 79.9. The van der Waals surface area contributed by atoms with Crippen LogP contribution < -0.4 is 9.47 Å². The maximum atomic E-state index is 11.3. The molecule has 0 saturated carbocycles. The molecular weight excluding hydrogens is 455 g/mol. The van der Waals surface area contributed by atoms with Crippen LogP contribution >= 0.6 is 39.1 Å². The van der Waals surface area contributed by atoms with Gasteiger partial charge in [-0.15, -0.1) is 0 Å². The molecule has 7 heteroatoms. The predicted octanol–water partition coefficient (Wildman–Crippen LogP) is 6.48. The van der Waals surface area contributed by atoms with E-state index in [0.29, 0.717) is 32.7 Å². The number of rotatable bonds is 4. The van der Waals surface area contributed by atoms with Gasteiger partial charge in [-0.1, -0.05) is 23.2 Å². The predicted molar refractivity (Wildman–Crippen MR) is 113 cm³/mol. The molecule has 146 valence electrons. The van der Waals surface area contributed by atoms with Crippen molar-refractivity contribution in [1.82, 2.24) is 0 Å². The summed E-state index contributed by atoms with van der Waals surface area (Å²) in [5, 5.41) is 1.15. The van der Waals surface area contributed by atoms with Gasteiger partial charge in [-0.3, -0.25) is 9.59 Å². The van der Waals surface area contributed by atoms with E-state index in [1.54, 1.807) is 18.2 Å². The maximum absolute atomic E-state index is 11.3. The van der Waals surface area contributed by atoms with Gasteiger partial charge >= 0.3 is 0 Å². The lowest BCUT2D eigenvalue weighted by Crippen LogP contribution is -2.00. The first-order valence-electron chi connectivity index (χ1n) is 7.93. The Balaban J connectivity index is 0.000000271. The first-order chi connectivity index (χ1) is 12.5. The molecule has 0 aromatic heterocycles. The van der Waals surface area contributed by atoms with Gasteiger partial charge in [0.1, 0.15) is 11.5 Å². The van der Waals surface area contributed by atoms with E-state index in [9.17, 15) is 9.59 Å². The van der Waals surface area contributed by atoms with Crippen LogP contribution in [0.3, 0.4) is 0 Å². The van der Waals surface area contributed by atoms with Crippen LogP contribution in [0, 0.1) is 13.8 Å². The Kier molecular flexibility index (Phi) is 8.79. The third-order valence-corrected chi connectivity index (χ3v) is 5.60. The number of carbonyl (C=O) groups is 2. The zero-order chi connectivity index (χ0) is 20.9.